The molecule has 3 aromatic rings. The summed E-state index contributed by atoms with van der Waals surface area (Å²) >= 11 is 5.98. The van der Waals surface area contributed by atoms with E-state index in [2.05, 4.69) is 10.0 Å². The van der Waals surface area contributed by atoms with Crippen LogP contribution in [0.2, 0.25) is 5.02 Å². The second-order valence-corrected chi connectivity index (χ2v) is 12.6. The van der Waals surface area contributed by atoms with E-state index in [0.717, 1.165) is 10.6 Å². The summed E-state index contributed by atoms with van der Waals surface area (Å²) in [5, 5.41) is 3.03. The Bertz CT molecular complexity index is 1580. The number of nitrogens with one attached hydrogen (secondary N) is 2. The first-order valence-corrected chi connectivity index (χ1v) is 15.1. The fourth-order valence-corrected chi connectivity index (χ4v) is 6.31. The number of ether oxygens (including phenoxy) is 2. The SMILES string of the molecule is Cc1ccc(Cl)cc1NS(=O)(=O)c1ccc(NC(=O)[C@@H](C)N(c2ccc3c(c2)OCCO3)S(C)(=O)=O)cc1. The van der Waals surface area contributed by atoms with Crippen molar-refractivity contribution in [1.82, 2.24) is 0 Å². The first-order chi connectivity index (χ1) is 17.8. The van der Waals surface area contributed by atoms with Gasteiger partial charge in [-0.3, -0.25) is 13.8 Å². The van der Waals surface area contributed by atoms with E-state index in [4.69, 9.17) is 21.1 Å². The first kappa shape index (κ1) is 27.6. The number of benzene rings is 3. The molecule has 0 saturated carbocycles. The van der Waals surface area contributed by atoms with Gasteiger partial charge in [-0.15, -0.1) is 0 Å². The highest BCUT2D eigenvalue weighted by Gasteiger charge is 2.30. The Morgan fingerprint density at radius 3 is 2.26 bits per heavy atom. The molecule has 13 heteroatoms. The zero-order valence-electron chi connectivity index (χ0n) is 20.8. The molecule has 1 atom stereocenters. The van der Waals surface area contributed by atoms with Crippen molar-refractivity contribution in [3.05, 3.63) is 71.2 Å². The number of carbonyl (C=O) groups excluding carboxylic acids is 1. The molecule has 1 amide bonds. The molecular weight excluding hydrogens is 554 g/mol. The molecule has 0 fully saturated rings. The monoisotopic (exact) mass is 579 g/mol. The standard InChI is InChI=1S/C25H26ClN3O7S2/c1-16-4-5-18(26)14-22(16)28-38(33,34)21-9-6-19(7-10-21)27-25(30)17(2)29(37(3,31)32)20-8-11-23-24(15-20)36-13-12-35-23/h4-11,14-15,17,28H,12-13H2,1-3H3,(H,27,30)/t17-/m1/s1. The number of nitrogens with zero attached hydrogens (tertiary/aromatic N) is 1. The maximum atomic E-state index is 13.0. The lowest BCUT2D eigenvalue weighted by molar-refractivity contribution is -0.116. The molecular formula is C25H26ClN3O7S2. The number of amides is 1. The second kappa shape index (κ2) is 10.7. The van der Waals surface area contributed by atoms with Crippen molar-refractivity contribution in [3.63, 3.8) is 0 Å². The number of aryl methyl sites for hydroxylation is 1. The number of carbonyl (C=O) groups is 1. The van der Waals surface area contributed by atoms with Crippen molar-refractivity contribution in [2.24, 2.45) is 0 Å². The minimum Gasteiger partial charge on any atom is -0.486 e. The van der Waals surface area contributed by atoms with Crippen LogP contribution >= 0.6 is 11.6 Å². The Morgan fingerprint density at radius 1 is 0.947 bits per heavy atom. The predicted molar refractivity (Wildman–Crippen MR) is 146 cm³/mol. The van der Waals surface area contributed by atoms with Crippen LogP contribution in [0.15, 0.2) is 65.6 Å². The van der Waals surface area contributed by atoms with E-state index in [1.165, 1.54) is 49.4 Å². The first-order valence-electron chi connectivity index (χ1n) is 11.4. The second-order valence-electron chi connectivity index (χ2n) is 8.64. The highest BCUT2D eigenvalue weighted by Crippen LogP contribution is 2.35. The average molecular weight is 580 g/mol. The summed E-state index contributed by atoms with van der Waals surface area (Å²) in [6.07, 6.45) is 1.00. The molecule has 0 bridgehead atoms. The summed E-state index contributed by atoms with van der Waals surface area (Å²) in [5.74, 6) is 0.252. The van der Waals surface area contributed by atoms with Crippen LogP contribution in [-0.4, -0.2) is 48.3 Å². The van der Waals surface area contributed by atoms with E-state index in [9.17, 15) is 21.6 Å². The molecule has 0 spiro atoms. The fraction of sp³-hybridized carbons (Fsp3) is 0.240. The molecule has 2 N–H and O–H groups in total. The van der Waals surface area contributed by atoms with Gasteiger partial charge in [0.1, 0.15) is 19.3 Å². The lowest BCUT2D eigenvalue weighted by Gasteiger charge is -2.29. The number of rotatable bonds is 8. The van der Waals surface area contributed by atoms with Gasteiger partial charge < -0.3 is 14.8 Å². The van der Waals surface area contributed by atoms with Crippen LogP contribution in [0.1, 0.15) is 12.5 Å². The average Bonchev–Trinajstić information content (AvgIpc) is 2.85. The molecule has 0 radical (unpaired) electrons. The summed E-state index contributed by atoms with van der Waals surface area (Å²) in [4.78, 5) is 13.0. The summed E-state index contributed by atoms with van der Waals surface area (Å²) in [6.45, 7) is 3.91. The van der Waals surface area contributed by atoms with Gasteiger partial charge in [-0.2, -0.15) is 0 Å². The Labute approximate surface area is 226 Å². The van der Waals surface area contributed by atoms with Crippen LogP contribution in [0.4, 0.5) is 17.1 Å². The molecule has 3 aromatic carbocycles. The van der Waals surface area contributed by atoms with E-state index >= 15 is 0 Å². The van der Waals surface area contributed by atoms with Gasteiger partial charge in [0.2, 0.25) is 15.9 Å². The number of hydrogen-bond acceptors (Lipinski definition) is 7. The maximum absolute atomic E-state index is 13.0. The van der Waals surface area contributed by atoms with E-state index in [0.29, 0.717) is 41.0 Å². The normalized spacial score (nSPS) is 13.9. The van der Waals surface area contributed by atoms with Gasteiger partial charge in [0.15, 0.2) is 11.5 Å². The Kier molecular flexibility index (Phi) is 7.77. The number of halogens is 1. The van der Waals surface area contributed by atoms with Crippen LogP contribution in [0.5, 0.6) is 11.5 Å². The summed E-state index contributed by atoms with van der Waals surface area (Å²) in [6, 6.07) is 13.9. The van der Waals surface area contributed by atoms with Crippen LogP contribution in [-0.2, 0) is 24.8 Å². The Hall–Kier alpha value is -3.48. The quantitative estimate of drug-likeness (QED) is 0.412. The third-order valence-electron chi connectivity index (χ3n) is 5.74. The topological polar surface area (TPSA) is 131 Å². The van der Waals surface area contributed by atoms with Gasteiger partial charge in [-0.25, -0.2) is 16.8 Å². The number of hydrogen-bond donors (Lipinski definition) is 2. The number of fused-ring (bicyclic) bond motifs is 1. The molecule has 202 valence electrons. The van der Waals surface area contributed by atoms with Gasteiger partial charge in [0, 0.05) is 16.8 Å². The third-order valence-corrected chi connectivity index (χ3v) is 8.60. The molecule has 0 aromatic heterocycles. The largest absolute Gasteiger partial charge is 0.486 e. The molecule has 4 rings (SSSR count). The molecule has 1 aliphatic heterocycles. The lowest BCUT2D eigenvalue weighted by atomic mass is 10.2. The van der Waals surface area contributed by atoms with Crippen molar-refractivity contribution in [1.29, 1.82) is 0 Å². The van der Waals surface area contributed by atoms with Gasteiger partial charge in [0.25, 0.3) is 10.0 Å². The van der Waals surface area contributed by atoms with Gasteiger partial charge in [-0.05, 0) is 67.9 Å². The fourth-order valence-electron chi connectivity index (χ4n) is 3.85. The highest BCUT2D eigenvalue weighted by molar-refractivity contribution is 7.92. The van der Waals surface area contributed by atoms with Crippen LogP contribution in [0.25, 0.3) is 0 Å². The van der Waals surface area contributed by atoms with Crippen molar-refractivity contribution in [3.8, 4) is 11.5 Å². The highest BCUT2D eigenvalue weighted by atomic mass is 35.5. The van der Waals surface area contributed by atoms with Gasteiger partial charge in [0.05, 0.1) is 22.5 Å². The zero-order chi connectivity index (χ0) is 27.7. The smallest absolute Gasteiger partial charge is 0.261 e. The molecule has 0 unspecified atom stereocenters. The molecule has 0 aliphatic carbocycles. The summed E-state index contributed by atoms with van der Waals surface area (Å²) < 4.78 is 65.5. The zero-order valence-corrected chi connectivity index (χ0v) is 23.2. The minimum absolute atomic E-state index is 0.0306. The van der Waals surface area contributed by atoms with Gasteiger partial charge in [-0.1, -0.05) is 17.7 Å². The predicted octanol–water partition coefficient (Wildman–Crippen LogP) is 4.01. The van der Waals surface area contributed by atoms with Crippen LogP contribution in [0.3, 0.4) is 0 Å². The molecule has 1 heterocycles. The van der Waals surface area contributed by atoms with Crippen molar-refractivity contribution in [2.45, 2.75) is 24.8 Å². The Morgan fingerprint density at radius 2 is 1.61 bits per heavy atom. The minimum atomic E-state index is -3.92. The van der Waals surface area contributed by atoms with Crippen LogP contribution < -0.4 is 23.8 Å². The molecule has 38 heavy (non-hydrogen) atoms. The van der Waals surface area contributed by atoms with Crippen molar-refractivity contribution < 1.29 is 31.1 Å². The summed E-state index contributed by atoms with van der Waals surface area (Å²) in [5.41, 5.74) is 1.58. The van der Waals surface area contributed by atoms with Gasteiger partial charge >= 0.3 is 0 Å². The van der Waals surface area contributed by atoms with E-state index in [-0.39, 0.29) is 16.3 Å². The molecule has 0 saturated heterocycles. The van der Waals surface area contributed by atoms with E-state index in [1.54, 1.807) is 25.1 Å². The number of sulfonamides is 2. The van der Waals surface area contributed by atoms with Crippen LogP contribution in [0, 0.1) is 6.92 Å². The summed E-state index contributed by atoms with van der Waals surface area (Å²) in [7, 11) is -7.79. The lowest BCUT2D eigenvalue weighted by Crippen LogP contribution is -2.45. The number of anilines is 3. The van der Waals surface area contributed by atoms with E-state index in [1.807, 2.05) is 0 Å². The Balaban J connectivity index is 1.51. The third kappa shape index (κ3) is 6.14. The van der Waals surface area contributed by atoms with Crippen molar-refractivity contribution >= 4 is 54.6 Å². The maximum Gasteiger partial charge on any atom is 0.261 e. The van der Waals surface area contributed by atoms with Crippen molar-refractivity contribution in [2.75, 3.05) is 33.8 Å². The van der Waals surface area contributed by atoms with E-state index < -0.39 is 32.0 Å². The molecule has 10 nitrogen and oxygen atoms in total. The molecule has 1 aliphatic rings.